The molecule has 2 heterocycles. The van der Waals surface area contributed by atoms with E-state index in [-0.39, 0.29) is 29.8 Å². The molecule has 1 aromatic carbocycles. The molecule has 0 saturated carbocycles. The molecule has 0 aliphatic carbocycles. The molecule has 3 rings (SSSR count). The molecule has 1 saturated heterocycles. The highest BCUT2D eigenvalue weighted by Gasteiger charge is 2.32. The first-order chi connectivity index (χ1) is 17.2. The van der Waals surface area contributed by atoms with Crippen LogP contribution >= 0.6 is 15.9 Å². The summed E-state index contributed by atoms with van der Waals surface area (Å²) in [6, 6.07) is 3.92. The number of rotatable bonds is 8. The molecule has 2 aromatic rings. The number of benzene rings is 1. The van der Waals surface area contributed by atoms with Crippen molar-refractivity contribution in [3.63, 3.8) is 0 Å². The Morgan fingerprint density at radius 2 is 2.03 bits per heavy atom. The maximum atomic E-state index is 12.8. The van der Waals surface area contributed by atoms with Crippen molar-refractivity contribution in [2.24, 2.45) is 5.92 Å². The highest BCUT2D eigenvalue weighted by Crippen LogP contribution is 2.31. The van der Waals surface area contributed by atoms with Gasteiger partial charge in [-0.05, 0) is 51.3 Å². The molecular formula is C22H26BrF3N6O5. The minimum absolute atomic E-state index is 0.0754. The number of carbonyl (C=O) groups is 1. The summed E-state index contributed by atoms with van der Waals surface area (Å²) in [5.41, 5.74) is -0.947. The molecule has 0 spiro atoms. The molecule has 1 fully saturated rings. The van der Waals surface area contributed by atoms with Crippen molar-refractivity contribution in [2.45, 2.75) is 45.7 Å². The molecule has 15 heteroatoms. The molecule has 11 nitrogen and oxygen atoms in total. The summed E-state index contributed by atoms with van der Waals surface area (Å²) in [6.45, 7) is 6.52. The van der Waals surface area contributed by atoms with Crippen LogP contribution in [0.4, 0.5) is 35.4 Å². The zero-order valence-corrected chi connectivity index (χ0v) is 21.9. The van der Waals surface area contributed by atoms with Gasteiger partial charge >= 0.3 is 18.1 Å². The minimum atomic E-state index is -4.90. The zero-order chi connectivity index (χ0) is 27.4. The molecule has 1 amide bonds. The SMILES string of the molecule is CC(C)(C)OC(=O)N1CCC(CNc2ncc([N+](=O)[O-])c(NCc3cc(Br)ccc3OC(F)(F)F)n2)C1. The van der Waals surface area contributed by atoms with Crippen LogP contribution in [-0.2, 0) is 11.3 Å². The molecule has 1 unspecified atom stereocenters. The summed E-state index contributed by atoms with van der Waals surface area (Å²) in [5, 5.41) is 17.2. The summed E-state index contributed by atoms with van der Waals surface area (Å²) < 4.78 is 48.2. The predicted molar refractivity (Wildman–Crippen MR) is 131 cm³/mol. The smallest absolute Gasteiger partial charge is 0.444 e. The molecule has 1 atom stereocenters. The lowest BCUT2D eigenvalue weighted by atomic mass is 10.1. The van der Waals surface area contributed by atoms with Crippen LogP contribution in [0.3, 0.4) is 0 Å². The fraction of sp³-hybridized carbons (Fsp3) is 0.500. The lowest BCUT2D eigenvalue weighted by molar-refractivity contribution is -0.384. The van der Waals surface area contributed by atoms with Gasteiger partial charge in [0.1, 0.15) is 17.5 Å². The molecule has 1 aliphatic heterocycles. The monoisotopic (exact) mass is 590 g/mol. The van der Waals surface area contributed by atoms with E-state index in [4.69, 9.17) is 4.74 Å². The van der Waals surface area contributed by atoms with Crippen LogP contribution in [0.25, 0.3) is 0 Å². The van der Waals surface area contributed by atoms with E-state index in [1.807, 2.05) is 0 Å². The molecule has 37 heavy (non-hydrogen) atoms. The number of likely N-dealkylation sites (tertiary alicyclic amines) is 1. The van der Waals surface area contributed by atoms with E-state index in [2.05, 4.69) is 41.3 Å². The summed E-state index contributed by atoms with van der Waals surface area (Å²) in [7, 11) is 0. The van der Waals surface area contributed by atoms with E-state index in [1.54, 1.807) is 25.7 Å². The predicted octanol–water partition coefficient (Wildman–Crippen LogP) is 5.33. The molecule has 202 valence electrons. The topological polar surface area (TPSA) is 132 Å². The van der Waals surface area contributed by atoms with Gasteiger partial charge < -0.3 is 25.0 Å². The van der Waals surface area contributed by atoms with Crippen molar-refractivity contribution in [1.29, 1.82) is 0 Å². The van der Waals surface area contributed by atoms with Crippen LogP contribution in [0.5, 0.6) is 5.75 Å². The third kappa shape index (κ3) is 8.61. The van der Waals surface area contributed by atoms with E-state index in [0.717, 1.165) is 18.7 Å². The maximum absolute atomic E-state index is 12.8. The summed E-state index contributed by atoms with van der Waals surface area (Å²) in [6.07, 6.45) is -3.57. The number of anilines is 2. The van der Waals surface area contributed by atoms with E-state index in [0.29, 0.717) is 24.1 Å². The second-order valence-corrected chi connectivity index (χ2v) is 10.2. The number of ether oxygens (including phenoxy) is 2. The van der Waals surface area contributed by atoms with Gasteiger partial charge in [0, 0.05) is 36.2 Å². The number of hydrogen-bond acceptors (Lipinski definition) is 9. The van der Waals surface area contributed by atoms with Gasteiger partial charge in [0.15, 0.2) is 0 Å². The van der Waals surface area contributed by atoms with Crippen molar-refractivity contribution in [3.05, 3.63) is 44.5 Å². The van der Waals surface area contributed by atoms with Crippen LogP contribution < -0.4 is 15.4 Å². The van der Waals surface area contributed by atoms with Crippen molar-refractivity contribution in [2.75, 3.05) is 30.3 Å². The minimum Gasteiger partial charge on any atom is -0.444 e. The Hall–Kier alpha value is -3.36. The third-order valence-corrected chi connectivity index (χ3v) is 5.64. The van der Waals surface area contributed by atoms with Gasteiger partial charge in [-0.15, -0.1) is 13.2 Å². The highest BCUT2D eigenvalue weighted by atomic mass is 79.9. The van der Waals surface area contributed by atoms with Gasteiger partial charge in [0.25, 0.3) is 0 Å². The quantitative estimate of drug-likeness (QED) is 0.309. The lowest BCUT2D eigenvalue weighted by Crippen LogP contribution is -2.35. The maximum Gasteiger partial charge on any atom is 0.573 e. The fourth-order valence-electron chi connectivity index (χ4n) is 3.54. The number of amides is 1. The molecule has 1 aromatic heterocycles. The Balaban J connectivity index is 1.67. The Morgan fingerprint density at radius 1 is 1.30 bits per heavy atom. The Labute approximate surface area is 219 Å². The Morgan fingerprint density at radius 3 is 2.68 bits per heavy atom. The van der Waals surface area contributed by atoms with Crippen molar-refractivity contribution in [1.82, 2.24) is 14.9 Å². The molecule has 2 N–H and O–H groups in total. The number of hydrogen-bond donors (Lipinski definition) is 2. The number of alkyl halides is 3. The average Bonchev–Trinajstić information content (AvgIpc) is 3.25. The van der Waals surface area contributed by atoms with Gasteiger partial charge in [-0.3, -0.25) is 10.1 Å². The standard InChI is InChI=1S/C22H26BrF3N6O5/c1-21(2,3)37-20(33)31-7-6-13(12-31)9-28-19-29-11-16(32(34)35)18(30-19)27-10-14-8-15(23)4-5-17(14)36-22(24,25)26/h4-5,8,11,13H,6-7,9-10,12H2,1-3H3,(H2,27,28,29,30). The second kappa shape index (κ2) is 11.4. The first kappa shape index (κ1) is 28.2. The fourth-order valence-corrected chi connectivity index (χ4v) is 3.95. The van der Waals surface area contributed by atoms with Crippen LogP contribution in [0.15, 0.2) is 28.9 Å². The number of nitro groups is 1. The van der Waals surface area contributed by atoms with Gasteiger partial charge in [0.2, 0.25) is 11.8 Å². The van der Waals surface area contributed by atoms with Gasteiger partial charge in [-0.25, -0.2) is 9.78 Å². The van der Waals surface area contributed by atoms with Crippen molar-refractivity contribution >= 4 is 39.5 Å². The van der Waals surface area contributed by atoms with E-state index in [9.17, 15) is 28.1 Å². The van der Waals surface area contributed by atoms with E-state index < -0.39 is 34.4 Å². The van der Waals surface area contributed by atoms with E-state index >= 15 is 0 Å². The van der Waals surface area contributed by atoms with Gasteiger partial charge in [0.05, 0.1) is 4.92 Å². The normalized spacial score (nSPS) is 15.9. The summed E-state index contributed by atoms with van der Waals surface area (Å²) >= 11 is 3.19. The van der Waals surface area contributed by atoms with Gasteiger partial charge in [-0.1, -0.05) is 15.9 Å². The highest BCUT2D eigenvalue weighted by molar-refractivity contribution is 9.10. The van der Waals surface area contributed by atoms with Crippen LogP contribution in [0.2, 0.25) is 0 Å². The number of aromatic nitrogens is 2. The Bertz CT molecular complexity index is 1140. The number of carbonyl (C=O) groups excluding carboxylic acids is 1. The average molecular weight is 591 g/mol. The summed E-state index contributed by atoms with van der Waals surface area (Å²) in [5.74, 6) is -0.465. The second-order valence-electron chi connectivity index (χ2n) is 9.30. The van der Waals surface area contributed by atoms with E-state index in [1.165, 1.54) is 12.1 Å². The van der Waals surface area contributed by atoms with Crippen molar-refractivity contribution in [3.8, 4) is 5.75 Å². The first-order valence-corrected chi connectivity index (χ1v) is 12.0. The lowest BCUT2D eigenvalue weighted by Gasteiger charge is -2.24. The number of nitrogens with zero attached hydrogens (tertiary/aromatic N) is 4. The number of halogens is 4. The largest absolute Gasteiger partial charge is 0.573 e. The Kier molecular flexibility index (Phi) is 8.66. The molecule has 0 bridgehead atoms. The summed E-state index contributed by atoms with van der Waals surface area (Å²) in [4.78, 5) is 32.7. The third-order valence-electron chi connectivity index (χ3n) is 5.15. The number of nitrogens with one attached hydrogen (secondary N) is 2. The van der Waals surface area contributed by atoms with Crippen LogP contribution in [0, 0.1) is 16.0 Å². The van der Waals surface area contributed by atoms with Crippen LogP contribution in [-0.4, -0.2) is 57.5 Å². The molecule has 0 radical (unpaired) electrons. The van der Waals surface area contributed by atoms with Crippen molar-refractivity contribution < 1.29 is 32.4 Å². The van der Waals surface area contributed by atoms with Gasteiger partial charge in [-0.2, -0.15) is 4.98 Å². The molecule has 1 aliphatic rings. The zero-order valence-electron chi connectivity index (χ0n) is 20.3. The van der Waals surface area contributed by atoms with Crippen LogP contribution in [0.1, 0.15) is 32.8 Å². The molecular weight excluding hydrogens is 565 g/mol. The first-order valence-electron chi connectivity index (χ1n) is 11.2.